The van der Waals surface area contributed by atoms with Gasteiger partial charge in [0.15, 0.2) is 0 Å². The van der Waals surface area contributed by atoms with Crippen LogP contribution < -0.4 is 0 Å². The smallest absolute Gasteiger partial charge is 0.0139 e. The van der Waals surface area contributed by atoms with Crippen molar-refractivity contribution in [1.29, 1.82) is 0 Å². The van der Waals surface area contributed by atoms with Crippen LogP contribution >= 0.6 is 0 Å². The summed E-state index contributed by atoms with van der Waals surface area (Å²) in [6.07, 6.45) is 1.61. The van der Waals surface area contributed by atoms with Crippen molar-refractivity contribution in [1.82, 2.24) is 0 Å². The molecule has 12 unspecified atom stereocenters. The molecule has 0 nitrogen and oxygen atoms in total. The lowest BCUT2D eigenvalue weighted by Gasteiger charge is -2.96. The molecule has 11 saturated carbocycles. The predicted molar refractivity (Wildman–Crippen MR) is 76.3 cm³/mol. The van der Waals surface area contributed by atoms with Crippen LogP contribution in [0.25, 0.3) is 0 Å². The summed E-state index contributed by atoms with van der Waals surface area (Å²) in [6.45, 7) is 16.1. The van der Waals surface area contributed by atoms with Crippen molar-refractivity contribution in [3.63, 3.8) is 0 Å². The van der Waals surface area contributed by atoms with E-state index in [1.54, 1.807) is 6.42 Å². The molecule has 19 heavy (non-hydrogen) atoms. The van der Waals surface area contributed by atoms with Gasteiger partial charge in [-0.15, -0.1) is 0 Å². The van der Waals surface area contributed by atoms with E-state index in [1.165, 1.54) is 0 Å². The van der Waals surface area contributed by atoms with Crippen LogP contribution in [0, 0.1) is 69.0 Å². The first-order chi connectivity index (χ1) is 8.85. The second-order valence-corrected chi connectivity index (χ2v) is 9.93. The molecule has 12 atom stereocenters. The van der Waals surface area contributed by atoms with Crippen LogP contribution in [0.5, 0.6) is 0 Å². The van der Waals surface area contributed by atoms with Crippen molar-refractivity contribution in [3.8, 4) is 0 Å². The lowest BCUT2D eigenvalue weighted by atomic mass is 9.08. The van der Waals surface area contributed by atoms with Gasteiger partial charge in [-0.3, -0.25) is 0 Å². The van der Waals surface area contributed by atoms with Crippen molar-refractivity contribution in [2.24, 2.45) is 69.0 Å². The summed E-state index contributed by atoms with van der Waals surface area (Å²) in [5.74, 6) is 8.53. The van der Waals surface area contributed by atoms with E-state index in [0.29, 0.717) is 10.8 Å². The minimum Gasteiger partial charge on any atom is -0.0616 e. The third-order valence-electron chi connectivity index (χ3n) is 11.7. The van der Waals surface area contributed by atoms with Gasteiger partial charge in [-0.25, -0.2) is 0 Å². The van der Waals surface area contributed by atoms with Crippen molar-refractivity contribution in [2.75, 3.05) is 0 Å². The summed E-state index contributed by atoms with van der Waals surface area (Å²) in [5.41, 5.74) is 2.92. The van der Waals surface area contributed by atoms with Crippen molar-refractivity contribution in [2.45, 2.75) is 48.0 Å². The molecule has 11 rings (SSSR count). The highest BCUT2D eigenvalue weighted by Gasteiger charge is 3.03. The van der Waals surface area contributed by atoms with Crippen molar-refractivity contribution < 1.29 is 0 Å². The molecule has 0 heterocycles. The molecular weight excluding hydrogens is 228 g/mol. The van der Waals surface area contributed by atoms with Crippen LogP contribution in [0.15, 0.2) is 0 Å². The Labute approximate surface area is 117 Å². The molecule has 0 aliphatic heterocycles. The van der Waals surface area contributed by atoms with Crippen LogP contribution in [0.4, 0.5) is 0 Å². The molecule has 11 fully saturated rings. The lowest BCUT2D eigenvalue weighted by Crippen LogP contribution is -2.92. The molecule has 104 valence electrons. The Balaban J connectivity index is 1.80. The summed E-state index contributed by atoms with van der Waals surface area (Å²) in [7, 11) is 0. The van der Waals surface area contributed by atoms with Crippen LogP contribution in [-0.4, -0.2) is 0 Å². The molecule has 0 saturated heterocycles. The number of rotatable bonds is 0. The fourth-order valence-corrected chi connectivity index (χ4v) is 12.0. The molecule has 0 aromatic heterocycles. The summed E-state index contributed by atoms with van der Waals surface area (Å²) >= 11 is 0. The van der Waals surface area contributed by atoms with Crippen molar-refractivity contribution >= 4 is 0 Å². The van der Waals surface area contributed by atoms with Gasteiger partial charge < -0.3 is 0 Å². The Morgan fingerprint density at radius 1 is 0.632 bits per heavy atom. The number of hydrogen-bond donors (Lipinski definition) is 0. The summed E-state index contributed by atoms with van der Waals surface area (Å²) in [5, 5.41) is 0. The zero-order valence-electron chi connectivity index (χ0n) is 13.3. The van der Waals surface area contributed by atoms with E-state index < -0.39 is 0 Å². The van der Waals surface area contributed by atoms with E-state index >= 15 is 0 Å². The molecule has 8 bridgehead atoms. The van der Waals surface area contributed by atoms with Gasteiger partial charge in [0.2, 0.25) is 0 Å². The standard InChI is InChI=1S/C19H28/c1-8-12-7-13-15-10(3)16(5)17(6)9(2)14(19(8,15)17)11(4)18(12,13)16/h8-15H,7H2,1-6H3. The predicted octanol–water partition coefficient (Wildman–Crippen LogP) is 4.45. The highest BCUT2D eigenvalue weighted by Crippen LogP contribution is 3.07. The largest absolute Gasteiger partial charge is 0.0616 e. The Morgan fingerprint density at radius 2 is 1.21 bits per heavy atom. The summed E-state index contributed by atoms with van der Waals surface area (Å²) in [4.78, 5) is 0. The zero-order chi connectivity index (χ0) is 13.3. The van der Waals surface area contributed by atoms with E-state index in [0.717, 1.165) is 58.2 Å². The molecule has 0 amide bonds. The number of hydrogen-bond acceptors (Lipinski definition) is 0. The fourth-order valence-electron chi connectivity index (χ4n) is 12.0. The topological polar surface area (TPSA) is 0 Å². The minimum absolute atomic E-state index is 0.679. The molecule has 0 radical (unpaired) electrons. The van der Waals surface area contributed by atoms with Crippen molar-refractivity contribution in [3.05, 3.63) is 0 Å². The Hall–Kier alpha value is 0. The zero-order valence-corrected chi connectivity index (χ0v) is 13.3. The highest BCUT2D eigenvalue weighted by atomic mass is 15.1. The highest BCUT2D eigenvalue weighted by molar-refractivity contribution is 5.50. The molecule has 0 aromatic rings. The molecule has 0 heteroatoms. The minimum atomic E-state index is 0.679. The molecule has 2 spiro atoms. The van der Waals surface area contributed by atoms with E-state index in [2.05, 4.69) is 41.5 Å². The van der Waals surface area contributed by atoms with Gasteiger partial charge in [0.05, 0.1) is 0 Å². The second-order valence-electron chi connectivity index (χ2n) is 9.93. The lowest BCUT2D eigenvalue weighted by molar-refractivity contribution is -0.497. The van der Waals surface area contributed by atoms with Gasteiger partial charge in [-0.2, -0.15) is 0 Å². The fraction of sp³-hybridized carbons (Fsp3) is 1.00. The Morgan fingerprint density at radius 3 is 1.89 bits per heavy atom. The monoisotopic (exact) mass is 256 g/mol. The second kappa shape index (κ2) is 2.17. The first-order valence-electron chi connectivity index (χ1n) is 8.85. The van der Waals surface area contributed by atoms with Gasteiger partial charge in [0, 0.05) is 0 Å². The van der Waals surface area contributed by atoms with Crippen LogP contribution in [0.1, 0.15) is 48.0 Å². The third kappa shape index (κ3) is 0.470. The van der Waals surface area contributed by atoms with Gasteiger partial charge in [0.1, 0.15) is 0 Å². The summed E-state index contributed by atoms with van der Waals surface area (Å²) < 4.78 is 0. The van der Waals surface area contributed by atoms with Crippen LogP contribution in [-0.2, 0) is 0 Å². The Bertz CT molecular complexity index is 540. The van der Waals surface area contributed by atoms with E-state index in [9.17, 15) is 0 Å². The molecule has 0 aromatic carbocycles. The first kappa shape index (κ1) is 10.7. The maximum absolute atomic E-state index is 2.76. The summed E-state index contributed by atoms with van der Waals surface area (Å²) in [6, 6.07) is 0. The molecule has 0 N–H and O–H groups in total. The van der Waals surface area contributed by atoms with Crippen LogP contribution in [0.2, 0.25) is 0 Å². The van der Waals surface area contributed by atoms with E-state index in [1.807, 2.05) is 0 Å². The SMILES string of the molecule is CC1C2C(C)C3(C)C24C(C)C2CC5C4C(C)C3(C)C125. The molecule has 11 aliphatic carbocycles. The van der Waals surface area contributed by atoms with Gasteiger partial charge in [-0.1, -0.05) is 41.5 Å². The average molecular weight is 256 g/mol. The molecular formula is C19H28. The maximum atomic E-state index is 2.76. The van der Waals surface area contributed by atoms with Gasteiger partial charge in [0.25, 0.3) is 0 Å². The normalized spacial score (nSPS) is 88.1. The van der Waals surface area contributed by atoms with E-state index in [4.69, 9.17) is 0 Å². The molecule has 11 aliphatic rings. The maximum Gasteiger partial charge on any atom is -0.0139 e. The van der Waals surface area contributed by atoms with Crippen LogP contribution in [0.3, 0.4) is 0 Å². The third-order valence-corrected chi connectivity index (χ3v) is 11.7. The Kier molecular flexibility index (Phi) is 1.22. The quantitative estimate of drug-likeness (QED) is 0.600. The van der Waals surface area contributed by atoms with Gasteiger partial charge >= 0.3 is 0 Å². The van der Waals surface area contributed by atoms with E-state index in [-0.39, 0.29) is 0 Å². The first-order valence-corrected chi connectivity index (χ1v) is 8.85. The van der Waals surface area contributed by atoms with Gasteiger partial charge in [-0.05, 0) is 75.4 Å². The average Bonchev–Trinajstić information content (AvgIpc) is 2.51.